The number of hydrogen-bond acceptors (Lipinski definition) is 2. The smallest absolute Gasteiger partial charge is 0.220 e. The molecule has 0 bridgehead atoms. The summed E-state index contributed by atoms with van der Waals surface area (Å²) >= 11 is 0. The average molecular weight is 289 g/mol. The molecule has 1 fully saturated rings. The predicted molar refractivity (Wildman–Crippen MR) is 85.2 cm³/mol. The number of carbonyl (C=O) groups is 1. The molecule has 0 spiro atoms. The summed E-state index contributed by atoms with van der Waals surface area (Å²) in [6.07, 6.45) is 4.54. The normalized spacial score (nSPS) is 17.3. The van der Waals surface area contributed by atoms with Crippen LogP contribution in [-0.4, -0.2) is 23.7 Å². The molecule has 3 nitrogen and oxygen atoms in total. The maximum Gasteiger partial charge on any atom is 0.220 e. The van der Waals surface area contributed by atoms with Crippen molar-refractivity contribution >= 4 is 5.91 Å². The Balaban J connectivity index is 1.91. The first-order chi connectivity index (χ1) is 10.1. The van der Waals surface area contributed by atoms with Gasteiger partial charge in [-0.05, 0) is 50.0 Å². The lowest BCUT2D eigenvalue weighted by molar-refractivity contribution is -0.122. The minimum atomic E-state index is 0.118. The minimum absolute atomic E-state index is 0.118. The first-order valence-electron chi connectivity index (χ1n) is 8.10. The minimum Gasteiger partial charge on any atom is -0.396 e. The summed E-state index contributed by atoms with van der Waals surface area (Å²) in [5.74, 6) is 0.980. The number of aliphatic hydroxyl groups excluding tert-OH is 1. The van der Waals surface area contributed by atoms with E-state index in [2.05, 4.69) is 43.4 Å². The zero-order chi connectivity index (χ0) is 15.2. The van der Waals surface area contributed by atoms with Gasteiger partial charge in [-0.2, -0.15) is 0 Å². The van der Waals surface area contributed by atoms with Gasteiger partial charge in [-0.25, -0.2) is 0 Å². The fourth-order valence-electron chi connectivity index (χ4n) is 2.89. The Labute approximate surface area is 127 Å². The molecule has 21 heavy (non-hydrogen) atoms. The zero-order valence-corrected chi connectivity index (χ0v) is 13.1. The second-order valence-electron chi connectivity index (χ2n) is 6.24. The van der Waals surface area contributed by atoms with E-state index < -0.39 is 0 Å². The molecule has 0 heterocycles. The van der Waals surface area contributed by atoms with Gasteiger partial charge in [0, 0.05) is 19.1 Å². The highest BCUT2D eigenvalue weighted by atomic mass is 16.3. The number of hydrogen-bond donors (Lipinski definition) is 2. The molecule has 1 aliphatic rings. The van der Waals surface area contributed by atoms with Crippen LogP contribution in [0.2, 0.25) is 0 Å². The van der Waals surface area contributed by atoms with Gasteiger partial charge in [0.25, 0.3) is 0 Å². The van der Waals surface area contributed by atoms with Crippen molar-refractivity contribution in [1.29, 1.82) is 0 Å². The van der Waals surface area contributed by atoms with Crippen LogP contribution >= 0.6 is 0 Å². The Morgan fingerprint density at radius 1 is 1.33 bits per heavy atom. The first kappa shape index (κ1) is 16.0. The lowest BCUT2D eigenvalue weighted by Crippen LogP contribution is -2.37. The van der Waals surface area contributed by atoms with Gasteiger partial charge in [0.05, 0.1) is 0 Å². The molecule has 1 amide bonds. The van der Waals surface area contributed by atoms with Crippen LogP contribution in [0.5, 0.6) is 0 Å². The van der Waals surface area contributed by atoms with Crippen LogP contribution in [0.3, 0.4) is 0 Å². The molecule has 1 saturated carbocycles. The summed E-state index contributed by atoms with van der Waals surface area (Å²) in [5.41, 5.74) is 2.48. The van der Waals surface area contributed by atoms with Crippen molar-refractivity contribution in [2.45, 2.75) is 57.9 Å². The van der Waals surface area contributed by atoms with Crippen molar-refractivity contribution in [1.82, 2.24) is 5.32 Å². The van der Waals surface area contributed by atoms with Crippen molar-refractivity contribution in [3.05, 3.63) is 35.4 Å². The molecule has 2 N–H and O–H groups in total. The molecule has 2 atom stereocenters. The lowest BCUT2D eigenvalue weighted by Gasteiger charge is -2.20. The van der Waals surface area contributed by atoms with Crippen LogP contribution in [0.25, 0.3) is 0 Å². The van der Waals surface area contributed by atoms with E-state index in [0.29, 0.717) is 18.8 Å². The fraction of sp³-hybridized carbons (Fsp3) is 0.611. The zero-order valence-electron chi connectivity index (χ0n) is 13.1. The number of rotatable bonds is 8. The third-order valence-electron chi connectivity index (χ3n) is 4.45. The highest BCUT2D eigenvalue weighted by Crippen LogP contribution is 2.34. The van der Waals surface area contributed by atoms with E-state index in [9.17, 15) is 4.79 Å². The van der Waals surface area contributed by atoms with Crippen molar-refractivity contribution in [2.24, 2.45) is 5.92 Å². The molecule has 0 radical (unpaired) electrons. The number of benzene rings is 1. The maximum absolute atomic E-state index is 12.3. The van der Waals surface area contributed by atoms with Crippen LogP contribution < -0.4 is 5.32 Å². The van der Waals surface area contributed by atoms with Crippen LogP contribution in [-0.2, 0) is 4.79 Å². The molecule has 1 aromatic rings. The van der Waals surface area contributed by atoms with E-state index in [1.165, 1.54) is 24.0 Å². The lowest BCUT2D eigenvalue weighted by atomic mass is 9.92. The van der Waals surface area contributed by atoms with E-state index in [0.717, 1.165) is 6.42 Å². The van der Waals surface area contributed by atoms with Gasteiger partial charge in [0.1, 0.15) is 0 Å². The Morgan fingerprint density at radius 2 is 2.00 bits per heavy atom. The van der Waals surface area contributed by atoms with Gasteiger partial charge in [-0.3, -0.25) is 4.79 Å². The van der Waals surface area contributed by atoms with Crippen LogP contribution in [0.1, 0.15) is 56.1 Å². The van der Waals surface area contributed by atoms with E-state index in [1.54, 1.807) is 0 Å². The van der Waals surface area contributed by atoms with Gasteiger partial charge in [0.15, 0.2) is 0 Å². The van der Waals surface area contributed by atoms with Crippen molar-refractivity contribution in [3.63, 3.8) is 0 Å². The molecule has 3 heteroatoms. The third kappa shape index (κ3) is 4.85. The van der Waals surface area contributed by atoms with Crippen LogP contribution in [0.15, 0.2) is 24.3 Å². The molecule has 0 aliphatic heterocycles. The predicted octanol–water partition coefficient (Wildman–Crippen LogP) is 3.16. The van der Waals surface area contributed by atoms with E-state index in [4.69, 9.17) is 5.11 Å². The molecule has 116 valence electrons. The number of carbonyl (C=O) groups excluding carboxylic acids is 1. The summed E-state index contributed by atoms with van der Waals surface area (Å²) in [7, 11) is 0. The molecule has 2 rings (SSSR count). The molecule has 2 unspecified atom stereocenters. The van der Waals surface area contributed by atoms with E-state index in [1.807, 2.05) is 0 Å². The van der Waals surface area contributed by atoms with Crippen molar-refractivity contribution in [3.8, 4) is 0 Å². The second kappa shape index (κ2) is 7.60. The Morgan fingerprint density at radius 3 is 2.52 bits per heavy atom. The van der Waals surface area contributed by atoms with Gasteiger partial charge in [-0.15, -0.1) is 0 Å². The molecule has 0 aromatic heterocycles. The van der Waals surface area contributed by atoms with Crippen molar-refractivity contribution in [2.75, 3.05) is 6.61 Å². The highest BCUT2D eigenvalue weighted by molar-refractivity contribution is 5.77. The SMILES string of the molecule is CCC(CC(=O)NC(CCO)C1CC1)c1ccc(C)cc1. The summed E-state index contributed by atoms with van der Waals surface area (Å²) in [4.78, 5) is 12.3. The van der Waals surface area contributed by atoms with Crippen LogP contribution in [0.4, 0.5) is 0 Å². The Bertz CT molecular complexity index is 451. The number of aliphatic hydroxyl groups is 1. The maximum atomic E-state index is 12.3. The summed E-state index contributed by atoms with van der Waals surface area (Å²) in [6.45, 7) is 4.35. The van der Waals surface area contributed by atoms with Gasteiger partial charge in [0.2, 0.25) is 5.91 Å². The fourth-order valence-corrected chi connectivity index (χ4v) is 2.89. The van der Waals surface area contributed by atoms with Crippen LogP contribution in [0, 0.1) is 12.8 Å². The quantitative estimate of drug-likeness (QED) is 0.772. The molecule has 1 aromatic carbocycles. The average Bonchev–Trinajstić information content (AvgIpc) is 3.30. The monoisotopic (exact) mass is 289 g/mol. The Hall–Kier alpha value is -1.35. The summed E-state index contributed by atoms with van der Waals surface area (Å²) < 4.78 is 0. The summed E-state index contributed by atoms with van der Waals surface area (Å²) in [6, 6.07) is 8.63. The molecular weight excluding hydrogens is 262 g/mol. The van der Waals surface area contributed by atoms with E-state index >= 15 is 0 Å². The Kier molecular flexibility index (Phi) is 5.80. The largest absolute Gasteiger partial charge is 0.396 e. The number of amides is 1. The van der Waals surface area contributed by atoms with E-state index in [-0.39, 0.29) is 24.5 Å². The molecule has 0 saturated heterocycles. The first-order valence-corrected chi connectivity index (χ1v) is 8.10. The molecule has 1 aliphatic carbocycles. The molecular formula is C18H27NO2. The van der Waals surface area contributed by atoms with Gasteiger partial charge < -0.3 is 10.4 Å². The summed E-state index contributed by atoms with van der Waals surface area (Å²) in [5, 5.41) is 12.2. The third-order valence-corrected chi connectivity index (χ3v) is 4.45. The van der Waals surface area contributed by atoms with Gasteiger partial charge >= 0.3 is 0 Å². The topological polar surface area (TPSA) is 49.3 Å². The standard InChI is InChI=1S/C18H27NO2/c1-3-14(15-6-4-13(2)5-7-15)12-18(21)19-17(10-11-20)16-8-9-16/h4-7,14,16-17,20H,3,8-12H2,1-2H3,(H,19,21). The van der Waals surface area contributed by atoms with Gasteiger partial charge in [-0.1, -0.05) is 36.8 Å². The highest BCUT2D eigenvalue weighted by Gasteiger charge is 2.32. The van der Waals surface area contributed by atoms with Crippen molar-refractivity contribution < 1.29 is 9.90 Å². The second-order valence-corrected chi connectivity index (χ2v) is 6.24. The number of nitrogens with one attached hydrogen (secondary N) is 1. The number of aryl methyl sites for hydroxylation is 1.